The first-order chi connectivity index (χ1) is 8.06. The van der Waals surface area contributed by atoms with E-state index >= 15 is 0 Å². The first kappa shape index (κ1) is 13.4. The third-order valence-corrected chi connectivity index (χ3v) is 2.48. The number of imide groups is 1. The van der Waals surface area contributed by atoms with Crippen LogP contribution in [0.2, 0.25) is 0 Å². The van der Waals surface area contributed by atoms with E-state index in [0.717, 1.165) is 5.56 Å². The molecule has 0 bridgehead atoms. The Balaban J connectivity index is 2.88. The lowest BCUT2D eigenvalue weighted by Crippen LogP contribution is -2.36. The van der Waals surface area contributed by atoms with Gasteiger partial charge in [0, 0.05) is 19.0 Å². The van der Waals surface area contributed by atoms with E-state index in [4.69, 9.17) is 5.73 Å². The molecule has 17 heavy (non-hydrogen) atoms. The molecule has 4 heteroatoms. The van der Waals surface area contributed by atoms with Gasteiger partial charge in [-0.1, -0.05) is 17.7 Å². The molecule has 0 aromatic heterocycles. The zero-order chi connectivity index (χ0) is 12.8. The van der Waals surface area contributed by atoms with Crippen molar-refractivity contribution >= 4 is 11.8 Å². The van der Waals surface area contributed by atoms with Gasteiger partial charge in [-0.05, 0) is 32.0 Å². The Morgan fingerprint density at radius 2 is 2.06 bits per heavy atom. The number of rotatable bonds is 4. The summed E-state index contributed by atoms with van der Waals surface area (Å²) in [5.74, 6) is -0.500. The third kappa shape index (κ3) is 3.67. The zero-order valence-electron chi connectivity index (χ0n) is 10.3. The van der Waals surface area contributed by atoms with Gasteiger partial charge in [-0.2, -0.15) is 0 Å². The first-order valence-corrected chi connectivity index (χ1v) is 5.65. The zero-order valence-corrected chi connectivity index (χ0v) is 10.3. The van der Waals surface area contributed by atoms with Crippen LogP contribution in [0.25, 0.3) is 0 Å². The summed E-state index contributed by atoms with van der Waals surface area (Å²) in [6.45, 7) is 4.14. The van der Waals surface area contributed by atoms with Crippen LogP contribution in [0.1, 0.15) is 29.3 Å². The fourth-order valence-electron chi connectivity index (χ4n) is 1.59. The summed E-state index contributed by atoms with van der Waals surface area (Å²) in [4.78, 5) is 24.8. The molecule has 0 aliphatic heterocycles. The van der Waals surface area contributed by atoms with E-state index in [-0.39, 0.29) is 11.8 Å². The van der Waals surface area contributed by atoms with Gasteiger partial charge in [0.05, 0.1) is 0 Å². The summed E-state index contributed by atoms with van der Waals surface area (Å²) < 4.78 is 0. The fourth-order valence-corrected chi connectivity index (χ4v) is 1.59. The molecule has 0 saturated heterocycles. The van der Waals surface area contributed by atoms with Crippen LogP contribution in [-0.4, -0.2) is 29.8 Å². The standard InChI is InChI=1S/C13H18N2O2/c1-10-5-3-6-12(9-10)13(17)15(11(2)16)8-4-7-14/h3,5-6,9H,4,7-8,14H2,1-2H3. The monoisotopic (exact) mass is 234 g/mol. The van der Waals surface area contributed by atoms with Crippen LogP contribution in [0.3, 0.4) is 0 Å². The predicted octanol–water partition coefficient (Wildman–Crippen LogP) is 1.33. The van der Waals surface area contributed by atoms with Crippen molar-refractivity contribution in [3.05, 3.63) is 35.4 Å². The molecule has 0 unspecified atom stereocenters. The van der Waals surface area contributed by atoms with Crippen LogP contribution >= 0.6 is 0 Å². The van der Waals surface area contributed by atoms with Crippen LogP contribution in [0.5, 0.6) is 0 Å². The Kier molecular flexibility index (Phi) is 4.84. The topological polar surface area (TPSA) is 63.4 Å². The van der Waals surface area contributed by atoms with E-state index in [2.05, 4.69) is 0 Å². The lowest BCUT2D eigenvalue weighted by atomic mass is 10.1. The Morgan fingerprint density at radius 1 is 1.35 bits per heavy atom. The van der Waals surface area contributed by atoms with E-state index in [0.29, 0.717) is 25.1 Å². The van der Waals surface area contributed by atoms with E-state index in [1.165, 1.54) is 11.8 Å². The van der Waals surface area contributed by atoms with Crippen LogP contribution in [-0.2, 0) is 4.79 Å². The summed E-state index contributed by atoms with van der Waals surface area (Å²) in [6, 6.07) is 7.22. The number of benzene rings is 1. The highest BCUT2D eigenvalue weighted by atomic mass is 16.2. The van der Waals surface area contributed by atoms with E-state index in [1.54, 1.807) is 12.1 Å². The molecular weight excluding hydrogens is 216 g/mol. The van der Waals surface area contributed by atoms with E-state index < -0.39 is 0 Å². The van der Waals surface area contributed by atoms with Gasteiger partial charge in [-0.15, -0.1) is 0 Å². The molecule has 0 aliphatic carbocycles. The largest absolute Gasteiger partial charge is 0.330 e. The SMILES string of the molecule is CC(=O)N(CCCN)C(=O)c1cccc(C)c1. The second-order valence-electron chi connectivity index (χ2n) is 3.99. The van der Waals surface area contributed by atoms with Crippen LogP contribution in [0.4, 0.5) is 0 Å². The summed E-state index contributed by atoms with van der Waals surface area (Å²) in [5, 5.41) is 0. The molecule has 4 nitrogen and oxygen atoms in total. The smallest absolute Gasteiger partial charge is 0.260 e. The Bertz CT molecular complexity index is 416. The van der Waals surface area contributed by atoms with Gasteiger partial charge in [-0.25, -0.2) is 0 Å². The van der Waals surface area contributed by atoms with Gasteiger partial charge in [0.15, 0.2) is 0 Å². The highest BCUT2D eigenvalue weighted by Crippen LogP contribution is 2.08. The van der Waals surface area contributed by atoms with Crippen molar-refractivity contribution < 1.29 is 9.59 Å². The van der Waals surface area contributed by atoms with Crippen molar-refractivity contribution in [2.45, 2.75) is 20.3 Å². The summed E-state index contributed by atoms with van der Waals surface area (Å²) in [6.07, 6.45) is 0.622. The quantitative estimate of drug-likeness (QED) is 0.855. The van der Waals surface area contributed by atoms with Crippen molar-refractivity contribution in [1.82, 2.24) is 4.90 Å². The Morgan fingerprint density at radius 3 is 2.59 bits per heavy atom. The second kappa shape index (κ2) is 6.15. The number of aryl methyl sites for hydroxylation is 1. The number of hydrogen-bond acceptors (Lipinski definition) is 3. The molecule has 0 spiro atoms. The molecule has 1 aromatic carbocycles. The Labute approximate surface area is 101 Å². The van der Waals surface area contributed by atoms with E-state index in [1.807, 2.05) is 19.1 Å². The fraction of sp³-hybridized carbons (Fsp3) is 0.385. The van der Waals surface area contributed by atoms with Crippen molar-refractivity contribution in [3.8, 4) is 0 Å². The molecule has 2 amide bonds. The third-order valence-electron chi connectivity index (χ3n) is 2.48. The molecule has 0 atom stereocenters. The number of carbonyl (C=O) groups is 2. The summed E-state index contributed by atoms with van der Waals surface area (Å²) in [7, 11) is 0. The van der Waals surface area contributed by atoms with E-state index in [9.17, 15) is 9.59 Å². The highest BCUT2D eigenvalue weighted by Gasteiger charge is 2.18. The minimum absolute atomic E-state index is 0.245. The number of amides is 2. The molecule has 0 radical (unpaired) electrons. The minimum atomic E-state index is -0.255. The average molecular weight is 234 g/mol. The van der Waals surface area contributed by atoms with Gasteiger partial charge in [-0.3, -0.25) is 14.5 Å². The van der Waals surface area contributed by atoms with Crippen molar-refractivity contribution in [1.29, 1.82) is 0 Å². The first-order valence-electron chi connectivity index (χ1n) is 5.65. The molecule has 2 N–H and O–H groups in total. The van der Waals surface area contributed by atoms with Gasteiger partial charge in [0.1, 0.15) is 0 Å². The van der Waals surface area contributed by atoms with Crippen molar-refractivity contribution in [2.24, 2.45) is 5.73 Å². The lowest BCUT2D eigenvalue weighted by molar-refractivity contribution is -0.126. The summed E-state index contributed by atoms with van der Waals surface area (Å²) >= 11 is 0. The van der Waals surface area contributed by atoms with Crippen LogP contribution in [0.15, 0.2) is 24.3 Å². The highest BCUT2D eigenvalue weighted by molar-refractivity contribution is 6.04. The maximum atomic E-state index is 12.1. The van der Waals surface area contributed by atoms with Crippen molar-refractivity contribution in [2.75, 3.05) is 13.1 Å². The molecule has 0 fully saturated rings. The normalized spacial score (nSPS) is 10.1. The average Bonchev–Trinajstić information content (AvgIpc) is 2.29. The Hall–Kier alpha value is -1.68. The predicted molar refractivity (Wildman–Crippen MR) is 66.6 cm³/mol. The molecule has 1 aromatic rings. The van der Waals surface area contributed by atoms with Gasteiger partial charge >= 0.3 is 0 Å². The van der Waals surface area contributed by atoms with Gasteiger partial charge < -0.3 is 5.73 Å². The maximum Gasteiger partial charge on any atom is 0.260 e. The van der Waals surface area contributed by atoms with Crippen molar-refractivity contribution in [3.63, 3.8) is 0 Å². The number of nitrogens with zero attached hydrogens (tertiary/aromatic N) is 1. The number of nitrogens with two attached hydrogens (primary N) is 1. The summed E-state index contributed by atoms with van der Waals surface area (Å²) in [5.41, 5.74) is 6.93. The molecule has 0 aliphatic rings. The maximum absolute atomic E-state index is 12.1. The molecule has 0 heterocycles. The molecule has 1 rings (SSSR count). The second-order valence-corrected chi connectivity index (χ2v) is 3.99. The lowest BCUT2D eigenvalue weighted by Gasteiger charge is -2.18. The van der Waals surface area contributed by atoms with Gasteiger partial charge in [0.2, 0.25) is 5.91 Å². The van der Waals surface area contributed by atoms with Crippen LogP contribution in [0, 0.1) is 6.92 Å². The molecule has 0 saturated carbocycles. The molecular formula is C13H18N2O2. The number of hydrogen-bond donors (Lipinski definition) is 1. The number of carbonyl (C=O) groups excluding carboxylic acids is 2. The van der Waals surface area contributed by atoms with Crippen LogP contribution < -0.4 is 5.73 Å². The molecule has 92 valence electrons. The van der Waals surface area contributed by atoms with Gasteiger partial charge in [0.25, 0.3) is 5.91 Å². The minimum Gasteiger partial charge on any atom is -0.330 e.